The van der Waals surface area contributed by atoms with E-state index in [0.717, 1.165) is 11.1 Å². The number of amides is 3. The fourth-order valence-corrected chi connectivity index (χ4v) is 1.56. The highest BCUT2D eigenvalue weighted by Gasteiger charge is 2.17. The van der Waals surface area contributed by atoms with Crippen LogP contribution in [0.2, 0.25) is 0 Å². The lowest BCUT2D eigenvalue weighted by atomic mass is 10.1. The molecule has 0 aliphatic carbocycles. The summed E-state index contributed by atoms with van der Waals surface area (Å²) in [6.07, 6.45) is -0.813. The summed E-state index contributed by atoms with van der Waals surface area (Å²) < 4.78 is 5.48. The largest absolute Gasteiger partial charge is 0.481 e. The smallest absolute Gasteiger partial charge is 0.318 e. The van der Waals surface area contributed by atoms with Gasteiger partial charge in [-0.15, -0.1) is 0 Å². The first-order chi connectivity index (χ1) is 8.81. The second kappa shape index (κ2) is 6.19. The monoisotopic (exact) mass is 265 g/mol. The van der Waals surface area contributed by atoms with E-state index in [4.69, 9.17) is 16.2 Å². The molecule has 104 valence electrons. The SMILES string of the molecule is Cc1cc(C(C)N)ccc1OC(C)C(=O)NC(N)=O. The Labute approximate surface area is 112 Å². The van der Waals surface area contributed by atoms with Crippen molar-refractivity contribution >= 4 is 11.9 Å². The molecule has 0 aliphatic heterocycles. The molecule has 19 heavy (non-hydrogen) atoms. The van der Waals surface area contributed by atoms with Crippen molar-refractivity contribution in [1.29, 1.82) is 0 Å². The molecule has 0 heterocycles. The second-order valence-electron chi connectivity index (χ2n) is 4.43. The van der Waals surface area contributed by atoms with Crippen molar-refractivity contribution in [3.63, 3.8) is 0 Å². The molecule has 3 amide bonds. The molecule has 2 atom stereocenters. The number of primary amides is 1. The molecule has 0 spiro atoms. The van der Waals surface area contributed by atoms with Crippen molar-refractivity contribution in [2.24, 2.45) is 11.5 Å². The molecule has 0 fully saturated rings. The number of aryl methyl sites for hydroxylation is 1. The highest BCUT2D eigenvalue weighted by molar-refractivity contribution is 5.95. The number of hydrogen-bond acceptors (Lipinski definition) is 4. The Hall–Kier alpha value is -2.08. The second-order valence-corrected chi connectivity index (χ2v) is 4.43. The topological polar surface area (TPSA) is 107 Å². The first-order valence-corrected chi connectivity index (χ1v) is 5.94. The van der Waals surface area contributed by atoms with E-state index in [-0.39, 0.29) is 6.04 Å². The van der Waals surface area contributed by atoms with Gasteiger partial charge in [0, 0.05) is 6.04 Å². The van der Waals surface area contributed by atoms with Crippen LogP contribution in [0.5, 0.6) is 5.75 Å². The lowest BCUT2D eigenvalue weighted by Gasteiger charge is -2.16. The van der Waals surface area contributed by atoms with Crippen LogP contribution in [-0.2, 0) is 4.79 Å². The van der Waals surface area contributed by atoms with E-state index in [0.29, 0.717) is 5.75 Å². The van der Waals surface area contributed by atoms with Crippen LogP contribution in [0.25, 0.3) is 0 Å². The molecule has 0 aliphatic rings. The molecular weight excluding hydrogens is 246 g/mol. The van der Waals surface area contributed by atoms with Crippen molar-refractivity contribution in [3.8, 4) is 5.75 Å². The van der Waals surface area contributed by atoms with Gasteiger partial charge >= 0.3 is 6.03 Å². The number of benzene rings is 1. The van der Waals surface area contributed by atoms with Crippen molar-refractivity contribution in [1.82, 2.24) is 5.32 Å². The maximum Gasteiger partial charge on any atom is 0.318 e. The molecule has 6 heteroatoms. The average Bonchev–Trinajstić information content (AvgIpc) is 2.30. The summed E-state index contributed by atoms with van der Waals surface area (Å²) in [6, 6.07) is 4.53. The zero-order valence-corrected chi connectivity index (χ0v) is 11.3. The van der Waals surface area contributed by atoms with Crippen LogP contribution in [0.1, 0.15) is 31.0 Å². The van der Waals surface area contributed by atoms with Crippen molar-refractivity contribution < 1.29 is 14.3 Å². The first kappa shape index (κ1) is 15.0. The summed E-state index contributed by atoms with van der Waals surface area (Å²) in [5, 5.41) is 1.97. The lowest BCUT2D eigenvalue weighted by Crippen LogP contribution is -2.42. The van der Waals surface area contributed by atoms with Gasteiger partial charge in [0.2, 0.25) is 0 Å². The highest BCUT2D eigenvalue weighted by Crippen LogP contribution is 2.22. The standard InChI is InChI=1S/C13H19N3O3/c1-7-6-10(8(2)14)4-5-11(7)19-9(3)12(17)16-13(15)18/h4-6,8-9H,14H2,1-3H3,(H3,15,16,17,18). The Bertz CT molecular complexity index is 486. The lowest BCUT2D eigenvalue weighted by molar-refractivity contribution is -0.126. The quantitative estimate of drug-likeness (QED) is 0.754. The third-order valence-corrected chi connectivity index (χ3v) is 2.64. The minimum atomic E-state index is -0.899. The molecule has 2 unspecified atom stereocenters. The molecule has 0 radical (unpaired) electrons. The minimum absolute atomic E-state index is 0.0664. The van der Waals surface area contributed by atoms with Crippen molar-refractivity contribution in [3.05, 3.63) is 29.3 Å². The molecular formula is C13H19N3O3. The third kappa shape index (κ3) is 4.26. The van der Waals surface area contributed by atoms with Crippen molar-refractivity contribution in [2.45, 2.75) is 32.9 Å². The number of hydrogen-bond donors (Lipinski definition) is 3. The Kier molecular flexibility index (Phi) is 4.88. The number of carbonyl (C=O) groups excluding carboxylic acids is 2. The summed E-state index contributed by atoms with van der Waals surface area (Å²) >= 11 is 0. The number of carbonyl (C=O) groups is 2. The van der Waals surface area contributed by atoms with Gasteiger partial charge in [0.1, 0.15) is 5.75 Å². The molecule has 0 saturated carbocycles. The molecule has 6 nitrogen and oxygen atoms in total. The number of rotatable bonds is 4. The summed E-state index contributed by atoms with van der Waals surface area (Å²) in [5.41, 5.74) is 12.5. The fourth-order valence-electron chi connectivity index (χ4n) is 1.56. The maximum absolute atomic E-state index is 11.5. The summed E-state index contributed by atoms with van der Waals surface area (Å²) in [4.78, 5) is 22.1. The van der Waals surface area contributed by atoms with Crippen LogP contribution < -0.4 is 21.5 Å². The van der Waals surface area contributed by atoms with Gasteiger partial charge in [-0.1, -0.05) is 12.1 Å². The normalized spacial score (nSPS) is 13.5. The van der Waals surface area contributed by atoms with E-state index >= 15 is 0 Å². The van der Waals surface area contributed by atoms with E-state index < -0.39 is 18.0 Å². The minimum Gasteiger partial charge on any atom is -0.481 e. The van der Waals surface area contributed by atoms with Gasteiger partial charge < -0.3 is 16.2 Å². The van der Waals surface area contributed by atoms with E-state index in [9.17, 15) is 9.59 Å². The number of nitrogens with two attached hydrogens (primary N) is 2. The van der Waals surface area contributed by atoms with Gasteiger partial charge in [0.15, 0.2) is 6.10 Å². The molecule has 1 rings (SSSR count). The van der Waals surface area contributed by atoms with Crippen LogP contribution in [0.4, 0.5) is 4.79 Å². The number of urea groups is 1. The Morgan fingerprint density at radius 3 is 2.42 bits per heavy atom. The van der Waals surface area contributed by atoms with Crippen LogP contribution in [-0.4, -0.2) is 18.0 Å². The van der Waals surface area contributed by atoms with Crippen LogP contribution in [0.15, 0.2) is 18.2 Å². The highest BCUT2D eigenvalue weighted by atomic mass is 16.5. The summed E-state index contributed by atoms with van der Waals surface area (Å²) in [7, 11) is 0. The zero-order valence-electron chi connectivity index (χ0n) is 11.3. The first-order valence-electron chi connectivity index (χ1n) is 5.94. The molecule has 0 saturated heterocycles. The molecule has 0 aromatic heterocycles. The average molecular weight is 265 g/mol. The predicted octanol–water partition coefficient (Wildman–Crippen LogP) is 0.977. The molecule has 1 aromatic rings. The Morgan fingerprint density at radius 1 is 1.32 bits per heavy atom. The number of ether oxygens (including phenoxy) is 1. The molecule has 1 aromatic carbocycles. The zero-order chi connectivity index (χ0) is 14.6. The van der Waals surface area contributed by atoms with E-state index in [1.165, 1.54) is 6.92 Å². The maximum atomic E-state index is 11.5. The number of nitrogens with one attached hydrogen (secondary N) is 1. The Morgan fingerprint density at radius 2 is 1.95 bits per heavy atom. The van der Waals surface area contributed by atoms with Crippen LogP contribution in [0.3, 0.4) is 0 Å². The van der Waals surface area contributed by atoms with Gasteiger partial charge in [-0.25, -0.2) is 4.79 Å². The number of imide groups is 1. The van der Waals surface area contributed by atoms with E-state index in [1.807, 2.05) is 31.3 Å². The van der Waals surface area contributed by atoms with Gasteiger partial charge in [-0.2, -0.15) is 0 Å². The van der Waals surface area contributed by atoms with Crippen LogP contribution >= 0.6 is 0 Å². The molecule has 0 bridgehead atoms. The Balaban J connectivity index is 2.77. The fraction of sp³-hybridized carbons (Fsp3) is 0.385. The summed E-state index contributed by atoms with van der Waals surface area (Å²) in [5.74, 6) is -0.0142. The van der Waals surface area contributed by atoms with E-state index in [2.05, 4.69) is 0 Å². The molecule has 5 N–H and O–H groups in total. The van der Waals surface area contributed by atoms with E-state index in [1.54, 1.807) is 6.07 Å². The predicted molar refractivity (Wildman–Crippen MR) is 71.6 cm³/mol. The van der Waals surface area contributed by atoms with Gasteiger partial charge in [0.25, 0.3) is 5.91 Å². The third-order valence-electron chi connectivity index (χ3n) is 2.64. The van der Waals surface area contributed by atoms with Gasteiger partial charge in [0.05, 0.1) is 0 Å². The van der Waals surface area contributed by atoms with Crippen molar-refractivity contribution in [2.75, 3.05) is 0 Å². The van der Waals surface area contributed by atoms with Crippen LogP contribution in [0, 0.1) is 6.92 Å². The van der Waals surface area contributed by atoms with Gasteiger partial charge in [-0.05, 0) is 38.0 Å². The van der Waals surface area contributed by atoms with Gasteiger partial charge in [-0.3, -0.25) is 10.1 Å². The summed E-state index contributed by atoms with van der Waals surface area (Å²) in [6.45, 7) is 5.29.